The average molecular weight is 419 g/mol. The summed E-state index contributed by atoms with van der Waals surface area (Å²) < 4.78 is 17.3. The van der Waals surface area contributed by atoms with Crippen LogP contribution >= 0.6 is 24.1 Å². The maximum Gasteiger partial charge on any atom is 0.320 e. The maximum atomic E-state index is 6.35. The van der Waals surface area contributed by atoms with Crippen LogP contribution in [0.4, 0.5) is 0 Å². The van der Waals surface area contributed by atoms with Gasteiger partial charge in [-0.3, -0.25) is 0 Å². The molecular formula is C18H16BrN2O3P. The Morgan fingerprint density at radius 2 is 1.36 bits per heavy atom. The van der Waals surface area contributed by atoms with Gasteiger partial charge in [0.1, 0.15) is 0 Å². The fourth-order valence-electron chi connectivity index (χ4n) is 2.16. The molecule has 128 valence electrons. The van der Waals surface area contributed by atoms with Gasteiger partial charge in [0.2, 0.25) is 5.75 Å². The van der Waals surface area contributed by atoms with Gasteiger partial charge in [0.05, 0.1) is 14.2 Å². The first-order valence-corrected chi connectivity index (χ1v) is 9.52. The van der Waals surface area contributed by atoms with E-state index in [0.29, 0.717) is 16.2 Å². The van der Waals surface area contributed by atoms with Gasteiger partial charge in [0, 0.05) is 10.6 Å². The molecular weight excluding hydrogens is 403 g/mol. The van der Waals surface area contributed by atoms with Gasteiger partial charge in [-0.15, -0.1) is 0 Å². The van der Waals surface area contributed by atoms with Gasteiger partial charge >= 0.3 is 6.01 Å². The van der Waals surface area contributed by atoms with Gasteiger partial charge < -0.3 is 14.0 Å². The van der Waals surface area contributed by atoms with E-state index in [0.717, 1.165) is 10.6 Å². The van der Waals surface area contributed by atoms with Crippen molar-refractivity contribution in [2.45, 2.75) is 0 Å². The Bertz CT molecular complexity index is 795. The Morgan fingerprint density at radius 3 is 1.84 bits per heavy atom. The molecule has 1 aromatic heterocycles. The third-order valence-corrected chi connectivity index (χ3v) is 5.75. The highest BCUT2D eigenvalue weighted by Crippen LogP contribution is 2.43. The van der Waals surface area contributed by atoms with Crippen molar-refractivity contribution in [3.05, 3.63) is 65.3 Å². The van der Waals surface area contributed by atoms with E-state index in [2.05, 4.69) is 25.9 Å². The van der Waals surface area contributed by atoms with Crippen LogP contribution < -0.4 is 24.6 Å². The van der Waals surface area contributed by atoms with Crippen LogP contribution in [0.15, 0.2) is 65.3 Å². The minimum atomic E-state index is -1.11. The second-order valence-corrected chi connectivity index (χ2v) is 7.45. The van der Waals surface area contributed by atoms with Crippen LogP contribution in [0.3, 0.4) is 0 Å². The van der Waals surface area contributed by atoms with Crippen molar-refractivity contribution in [1.82, 2.24) is 9.97 Å². The molecule has 0 aliphatic heterocycles. The minimum absolute atomic E-state index is 0.208. The number of halogens is 1. The Labute approximate surface area is 156 Å². The largest absolute Gasteiger partial charge is 0.478 e. The summed E-state index contributed by atoms with van der Waals surface area (Å²) in [5, 5.41) is 2.15. The standard InChI is InChI=1S/C18H16BrN2O3P/c1-22-17-15(16(19)20-18(21-17)23-2)24-25(13-9-5-3-6-10-13)14-11-7-4-8-12-14/h3-12H,1-2H3. The summed E-state index contributed by atoms with van der Waals surface area (Å²) in [5.74, 6) is 0.764. The molecule has 7 heteroatoms. The highest BCUT2D eigenvalue weighted by Gasteiger charge is 2.23. The zero-order valence-corrected chi connectivity index (χ0v) is 16.2. The molecule has 0 saturated heterocycles. The quantitative estimate of drug-likeness (QED) is 0.451. The molecule has 0 aliphatic rings. The third kappa shape index (κ3) is 4.09. The van der Waals surface area contributed by atoms with E-state index in [1.165, 1.54) is 14.2 Å². The van der Waals surface area contributed by atoms with Gasteiger partial charge in [-0.25, -0.2) is 0 Å². The molecule has 0 spiro atoms. The number of methoxy groups -OCH3 is 2. The smallest absolute Gasteiger partial charge is 0.320 e. The number of aromatic nitrogens is 2. The fourth-order valence-corrected chi connectivity index (χ4v) is 4.43. The van der Waals surface area contributed by atoms with Crippen molar-refractivity contribution in [2.75, 3.05) is 14.2 Å². The molecule has 5 nitrogen and oxygen atoms in total. The Kier molecular flexibility index (Phi) is 5.84. The molecule has 0 aliphatic carbocycles. The van der Waals surface area contributed by atoms with Crippen LogP contribution in [-0.2, 0) is 0 Å². The SMILES string of the molecule is COc1nc(Br)c(OP(c2ccccc2)c2ccccc2)c(OC)n1. The summed E-state index contributed by atoms with van der Waals surface area (Å²) in [6.45, 7) is 0. The maximum absolute atomic E-state index is 6.35. The molecule has 0 N–H and O–H groups in total. The predicted molar refractivity (Wildman–Crippen MR) is 103 cm³/mol. The van der Waals surface area contributed by atoms with Crippen LogP contribution in [0.2, 0.25) is 0 Å². The molecule has 3 rings (SSSR count). The second kappa shape index (κ2) is 8.28. The van der Waals surface area contributed by atoms with Crippen LogP contribution in [-0.4, -0.2) is 24.2 Å². The van der Waals surface area contributed by atoms with Crippen LogP contribution in [0.25, 0.3) is 0 Å². The molecule has 3 aromatic rings. The number of ether oxygens (including phenoxy) is 2. The lowest BCUT2D eigenvalue weighted by Crippen LogP contribution is -2.16. The summed E-state index contributed by atoms with van der Waals surface area (Å²) in [4.78, 5) is 8.44. The molecule has 1 heterocycles. The Morgan fingerprint density at radius 1 is 0.800 bits per heavy atom. The van der Waals surface area contributed by atoms with Crippen molar-refractivity contribution < 1.29 is 14.0 Å². The number of hydrogen-bond donors (Lipinski definition) is 0. The zero-order chi connectivity index (χ0) is 17.6. The van der Waals surface area contributed by atoms with E-state index in [1.807, 2.05) is 60.7 Å². The summed E-state index contributed by atoms with van der Waals surface area (Å²) in [5.41, 5.74) is 0. The third-order valence-electron chi connectivity index (χ3n) is 3.31. The number of benzene rings is 2. The zero-order valence-electron chi connectivity index (χ0n) is 13.7. The van der Waals surface area contributed by atoms with Gasteiger partial charge in [0.15, 0.2) is 12.8 Å². The first-order valence-electron chi connectivity index (χ1n) is 7.46. The lowest BCUT2D eigenvalue weighted by molar-refractivity contribution is 0.341. The molecule has 0 radical (unpaired) electrons. The van der Waals surface area contributed by atoms with E-state index in [1.54, 1.807) is 0 Å². The first-order chi connectivity index (χ1) is 12.2. The van der Waals surface area contributed by atoms with E-state index < -0.39 is 8.15 Å². The lowest BCUT2D eigenvalue weighted by Gasteiger charge is -2.20. The minimum Gasteiger partial charge on any atom is -0.478 e. The first kappa shape index (κ1) is 17.6. The molecule has 0 saturated carbocycles. The molecule has 0 atom stereocenters. The lowest BCUT2D eigenvalue weighted by atomic mass is 10.4. The van der Waals surface area contributed by atoms with Crippen molar-refractivity contribution >= 4 is 34.7 Å². The van der Waals surface area contributed by atoms with Gasteiger partial charge in [-0.05, 0) is 15.9 Å². The Hall–Kier alpha value is -2.17. The molecule has 0 unspecified atom stereocenters. The van der Waals surface area contributed by atoms with Crippen molar-refractivity contribution in [3.63, 3.8) is 0 Å². The number of hydrogen-bond acceptors (Lipinski definition) is 5. The fraction of sp³-hybridized carbons (Fsp3) is 0.111. The van der Waals surface area contributed by atoms with Crippen LogP contribution in [0.1, 0.15) is 0 Å². The van der Waals surface area contributed by atoms with E-state index in [4.69, 9.17) is 14.0 Å². The van der Waals surface area contributed by atoms with Gasteiger partial charge in [0.25, 0.3) is 5.88 Å². The summed E-state index contributed by atoms with van der Waals surface area (Å²) >= 11 is 3.43. The topological polar surface area (TPSA) is 53.5 Å². The van der Waals surface area contributed by atoms with Crippen molar-refractivity contribution in [1.29, 1.82) is 0 Å². The highest BCUT2D eigenvalue weighted by molar-refractivity contribution is 9.10. The second-order valence-electron chi connectivity index (χ2n) is 4.90. The Balaban J connectivity index is 2.05. The predicted octanol–water partition coefficient (Wildman–Crippen LogP) is 3.68. The summed E-state index contributed by atoms with van der Waals surface area (Å²) in [7, 11) is 1.93. The van der Waals surface area contributed by atoms with E-state index in [9.17, 15) is 0 Å². The molecule has 0 bridgehead atoms. The molecule has 25 heavy (non-hydrogen) atoms. The normalized spacial score (nSPS) is 10.6. The summed E-state index contributed by atoms with van der Waals surface area (Å²) in [6.07, 6.45) is 0. The van der Waals surface area contributed by atoms with Gasteiger partial charge in [-0.1, -0.05) is 60.7 Å². The van der Waals surface area contributed by atoms with Gasteiger partial charge in [-0.2, -0.15) is 9.97 Å². The molecule has 0 fully saturated rings. The summed E-state index contributed by atoms with van der Waals surface area (Å²) in [6, 6.07) is 20.3. The molecule has 0 amide bonds. The number of rotatable bonds is 6. The van der Waals surface area contributed by atoms with Crippen molar-refractivity contribution in [3.8, 4) is 17.6 Å². The van der Waals surface area contributed by atoms with E-state index >= 15 is 0 Å². The van der Waals surface area contributed by atoms with Crippen LogP contribution in [0.5, 0.6) is 17.6 Å². The number of nitrogens with zero attached hydrogens (tertiary/aromatic N) is 2. The van der Waals surface area contributed by atoms with Crippen molar-refractivity contribution in [2.24, 2.45) is 0 Å². The van der Waals surface area contributed by atoms with E-state index in [-0.39, 0.29) is 6.01 Å². The monoisotopic (exact) mass is 418 g/mol. The average Bonchev–Trinajstić information content (AvgIpc) is 2.67. The van der Waals surface area contributed by atoms with Crippen LogP contribution in [0, 0.1) is 0 Å². The highest BCUT2D eigenvalue weighted by atomic mass is 79.9. The molecule has 2 aromatic carbocycles.